The van der Waals surface area contributed by atoms with Gasteiger partial charge >= 0.3 is 0 Å². The van der Waals surface area contributed by atoms with Gasteiger partial charge in [-0.25, -0.2) is 0 Å². The van der Waals surface area contributed by atoms with Gasteiger partial charge in [-0.15, -0.1) is 0 Å². The van der Waals surface area contributed by atoms with Gasteiger partial charge in [-0.2, -0.15) is 11.1 Å². The van der Waals surface area contributed by atoms with Crippen molar-refractivity contribution >= 4 is 18.5 Å². The summed E-state index contributed by atoms with van der Waals surface area (Å²) in [7, 11) is -1.45. The molecule has 0 N–H and O–H groups in total. The van der Waals surface area contributed by atoms with Crippen LogP contribution in [0, 0.1) is 11.8 Å². The Balaban J connectivity index is 2.18. The monoisotopic (exact) mass is 212 g/mol. The summed E-state index contributed by atoms with van der Waals surface area (Å²) in [6.45, 7) is 4.57. The summed E-state index contributed by atoms with van der Waals surface area (Å²) in [4.78, 5) is 0. The number of allylic oxidation sites excluding steroid dienone is 4. The van der Waals surface area contributed by atoms with Crippen molar-refractivity contribution in [3.05, 3.63) is 24.3 Å². The van der Waals surface area contributed by atoms with Crippen LogP contribution in [0.25, 0.3) is 0 Å². The smallest absolute Gasteiger partial charge is 0.154 e. The molecule has 72 valence electrons. The molecule has 0 amide bonds. The molecule has 2 rings (SSSR count). The molecule has 0 aromatic rings. The molecular formula is C11H17ClSi. The van der Waals surface area contributed by atoms with Gasteiger partial charge in [0.2, 0.25) is 0 Å². The van der Waals surface area contributed by atoms with Crippen molar-refractivity contribution < 1.29 is 0 Å². The second-order valence-corrected chi connectivity index (χ2v) is 11.6. The van der Waals surface area contributed by atoms with E-state index in [1.807, 2.05) is 0 Å². The van der Waals surface area contributed by atoms with Crippen LogP contribution in [0.1, 0.15) is 12.8 Å². The average Bonchev–Trinajstić information content (AvgIpc) is 2.45. The van der Waals surface area contributed by atoms with Gasteiger partial charge in [0.25, 0.3) is 0 Å². The predicted octanol–water partition coefficient (Wildman–Crippen LogP) is 3.95. The lowest BCUT2D eigenvalue weighted by Gasteiger charge is -2.29. The molecule has 0 aliphatic heterocycles. The molecule has 2 heteroatoms. The van der Waals surface area contributed by atoms with Gasteiger partial charge in [-0.3, -0.25) is 0 Å². The van der Waals surface area contributed by atoms with Crippen LogP contribution in [0.5, 0.6) is 0 Å². The Hall–Kier alpha value is -0.0131. The topological polar surface area (TPSA) is 0 Å². The summed E-state index contributed by atoms with van der Waals surface area (Å²) in [6.07, 6.45) is 11.8. The fourth-order valence-corrected chi connectivity index (χ4v) is 5.65. The Morgan fingerprint density at radius 2 is 1.85 bits per heavy atom. The molecule has 3 atom stereocenters. The Morgan fingerprint density at radius 1 is 1.15 bits per heavy atom. The van der Waals surface area contributed by atoms with Gasteiger partial charge in [-0.1, -0.05) is 43.8 Å². The van der Waals surface area contributed by atoms with Crippen molar-refractivity contribution in [1.29, 1.82) is 0 Å². The fraction of sp³-hybridized carbons (Fsp3) is 0.636. The highest BCUT2D eigenvalue weighted by atomic mass is 35.6. The lowest BCUT2D eigenvalue weighted by Crippen LogP contribution is -2.29. The van der Waals surface area contributed by atoms with Gasteiger partial charge in [0.1, 0.15) is 0 Å². The molecule has 0 saturated heterocycles. The van der Waals surface area contributed by atoms with E-state index in [2.05, 4.69) is 37.4 Å². The molecule has 3 unspecified atom stereocenters. The van der Waals surface area contributed by atoms with Crippen LogP contribution in [-0.4, -0.2) is 7.38 Å². The van der Waals surface area contributed by atoms with Gasteiger partial charge in [0.15, 0.2) is 7.38 Å². The average molecular weight is 213 g/mol. The second-order valence-electron chi connectivity index (χ2n) is 4.76. The largest absolute Gasteiger partial charge is 0.167 e. The van der Waals surface area contributed by atoms with E-state index in [-0.39, 0.29) is 0 Å². The van der Waals surface area contributed by atoms with E-state index in [9.17, 15) is 0 Å². The first-order chi connectivity index (χ1) is 6.09. The van der Waals surface area contributed by atoms with Crippen LogP contribution in [0.4, 0.5) is 0 Å². The molecular weight excluding hydrogens is 196 g/mol. The maximum absolute atomic E-state index is 6.54. The minimum Gasteiger partial charge on any atom is -0.167 e. The summed E-state index contributed by atoms with van der Waals surface area (Å²) in [5.41, 5.74) is 0.792. The Labute approximate surface area is 86.4 Å². The van der Waals surface area contributed by atoms with E-state index in [4.69, 9.17) is 11.1 Å². The third-order valence-corrected chi connectivity index (χ3v) is 6.73. The van der Waals surface area contributed by atoms with Crippen LogP contribution < -0.4 is 0 Å². The van der Waals surface area contributed by atoms with Gasteiger partial charge in [0.05, 0.1) is 0 Å². The molecule has 2 aliphatic carbocycles. The third kappa shape index (κ3) is 1.77. The summed E-state index contributed by atoms with van der Waals surface area (Å²) < 4.78 is 0. The number of hydrogen-bond donors (Lipinski definition) is 0. The predicted molar refractivity (Wildman–Crippen MR) is 61.6 cm³/mol. The van der Waals surface area contributed by atoms with Crippen LogP contribution in [0.2, 0.25) is 18.6 Å². The van der Waals surface area contributed by atoms with Crippen molar-refractivity contribution in [2.24, 2.45) is 11.8 Å². The number of fused-ring (bicyclic) bond motifs is 1. The standard InChI is InChI=1S/C11H17ClSi/c1-13(2,12)11-8-7-9-5-3-4-6-10(9)11/h3-6,9-11H,7-8H2,1-2H3. The Morgan fingerprint density at radius 3 is 2.54 bits per heavy atom. The van der Waals surface area contributed by atoms with E-state index in [0.717, 1.165) is 17.4 Å². The maximum atomic E-state index is 6.54. The van der Waals surface area contributed by atoms with E-state index < -0.39 is 7.38 Å². The first-order valence-electron chi connectivity index (χ1n) is 5.13. The Bertz CT molecular complexity index is 249. The normalized spacial score (nSPS) is 37.9. The molecule has 0 radical (unpaired) electrons. The Kier molecular flexibility index (Phi) is 2.41. The van der Waals surface area contributed by atoms with Crippen LogP contribution >= 0.6 is 11.1 Å². The van der Waals surface area contributed by atoms with E-state index >= 15 is 0 Å². The maximum Gasteiger partial charge on any atom is 0.154 e. The van der Waals surface area contributed by atoms with Crippen LogP contribution in [-0.2, 0) is 0 Å². The molecule has 0 heterocycles. The second kappa shape index (κ2) is 3.29. The first kappa shape index (κ1) is 9.54. The van der Waals surface area contributed by atoms with Gasteiger partial charge in [-0.05, 0) is 23.8 Å². The zero-order chi connectivity index (χ0) is 9.47. The lowest BCUT2D eigenvalue weighted by molar-refractivity contribution is 0.547. The SMILES string of the molecule is C[Si](C)(Cl)C1CCC2C=CC=CC21. The fourth-order valence-electron chi connectivity index (χ4n) is 2.76. The molecule has 0 spiro atoms. The van der Waals surface area contributed by atoms with E-state index in [1.165, 1.54) is 12.8 Å². The minimum atomic E-state index is -1.45. The van der Waals surface area contributed by atoms with Crippen molar-refractivity contribution in [3.8, 4) is 0 Å². The van der Waals surface area contributed by atoms with E-state index in [0.29, 0.717) is 0 Å². The molecule has 0 bridgehead atoms. The number of hydrogen-bond acceptors (Lipinski definition) is 0. The molecule has 1 saturated carbocycles. The zero-order valence-corrected chi connectivity index (χ0v) is 10.1. The quantitative estimate of drug-likeness (QED) is 0.456. The highest BCUT2D eigenvalue weighted by Crippen LogP contribution is 2.50. The molecule has 0 aromatic carbocycles. The first-order valence-corrected chi connectivity index (χ1v) is 9.22. The van der Waals surface area contributed by atoms with E-state index in [1.54, 1.807) is 0 Å². The van der Waals surface area contributed by atoms with Crippen molar-refractivity contribution in [3.63, 3.8) is 0 Å². The highest BCUT2D eigenvalue weighted by Gasteiger charge is 2.42. The summed E-state index contributed by atoms with van der Waals surface area (Å²) in [5, 5.41) is 0. The van der Waals surface area contributed by atoms with Crippen LogP contribution in [0.15, 0.2) is 24.3 Å². The van der Waals surface area contributed by atoms with Crippen molar-refractivity contribution in [1.82, 2.24) is 0 Å². The van der Waals surface area contributed by atoms with Crippen molar-refractivity contribution in [2.45, 2.75) is 31.5 Å². The lowest BCUT2D eigenvalue weighted by atomic mass is 9.92. The molecule has 0 aromatic heterocycles. The van der Waals surface area contributed by atoms with Crippen molar-refractivity contribution in [2.75, 3.05) is 0 Å². The van der Waals surface area contributed by atoms with Crippen LogP contribution in [0.3, 0.4) is 0 Å². The minimum absolute atomic E-state index is 0.754. The summed E-state index contributed by atoms with van der Waals surface area (Å²) in [5.74, 6) is 1.55. The summed E-state index contributed by atoms with van der Waals surface area (Å²) >= 11 is 6.54. The van der Waals surface area contributed by atoms with Gasteiger partial charge < -0.3 is 0 Å². The summed E-state index contributed by atoms with van der Waals surface area (Å²) in [6, 6.07) is 0. The number of rotatable bonds is 1. The highest BCUT2D eigenvalue weighted by molar-refractivity contribution is 7.19. The molecule has 1 fully saturated rings. The number of halogens is 1. The molecule has 0 nitrogen and oxygen atoms in total. The van der Waals surface area contributed by atoms with Gasteiger partial charge in [0, 0.05) is 0 Å². The molecule has 13 heavy (non-hydrogen) atoms. The third-order valence-electron chi connectivity index (χ3n) is 3.45. The molecule has 2 aliphatic rings. The zero-order valence-electron chi connectivity index (χ0n) is 8.33.